The van der Waals surface area contributed by atoms with Crippen molar-refractivity contribution in [2.24, 2.45) is 17.8 Å². The number of carboxylic acids is 1. The largest absolute Gasteiger partial charge is 0.481 e. The minimum Gasteiger partial charge on any atom is -0.481 e. The lowest BCUT2D eigenvalue weighted by Crippen LogP contribution is -2.30. The Hall–Kier alpha value is -1.84. The zero-order valence-electron chi connectivity index (χ0n) is 12.8. The third-order valence-corrected chi connectivity index (χ3v) is 4.54. The van der Waals surface area contributed by atoms with Gasteiger partial charge in [0.05, 0.1) is 11.8 Å². The third-order valence-electron chi connectivity index (χ3n) is 4.54. The zero-order valence-corrected chi connectivity index (χ0v) is 12.8. The number of hydrogen-bond donors (Lipinski definition) is 2. The van der Waals surface area contributed by atoms with Gasteiger partial charge in [-0.1, -0.05) is 25.5 Å². The fourth-order valence-corrected chi connectivity index (χ4v) is 3.13. The van der Waals surface area contributed by atoms with Crippen molar-refractivity contribution in [2.45, 2.75) is 40.0 Å². The number of hydrogen-bond acceptors (Lipinski definition) is 2. The van der Waals surface area contributed by atoms with Crippen molar-refractivity contribution in [3.05, 3.63) is 29.3 Å². The van der Waals surface area contributed by atoms with Gasteiger partial charge in [-0.3, -0.25) is 9.59 Å². The Morgan fingerprint density at radius 3 is 2.52 bits per heavy atom. The molecule has 1 aromatic carbocycles. The second-order valence-electron chi connectivity index (χ2n) is 6.10. The van der Waals surface area contributed by atoms with Crippen molar-refractivity contribution in [3.63, 3.8) is 0 Å². The van der Waals surface area contributed by atoms with Crippen molar-refractivity contribution in [3.8, 4) is 0 Å². The quantitative estimate of drug-likeness (QED) is 0.893. The highest BCUT2D eigenvalue weighted by Crippen LogP contribution is 2.39. The number of carbonyl (C=O) groups is 2. The predicted molar refractivity (Wildman–Crippen MR) is 82.2 cm³/mol. The third kappa shape index (κ3) is 3.43. The molecule has 1 aliphatic rings. The normalized spacial score (nSPS) is 24.8. The van der Waals surface area contributed by atoms with Crippen LogP contribution in [0.15, 0.2) is 18.2 Å². The molecule has 1 amide bonds. The summed E-state index contributed by atoms with van der Waals surface area (Å²) in [5.74, 6) is -1.66. The summed E-state index contributed by atoms with van der Waals surface area (Å²) in [6.07, 6.45) is 2.21. The van der Waals surface area contributed by atoms with Crippen LogP contribution < -0.4 is 5.32 Å². The number of aryl methyl sites for hydroxylation is 2. The van der Waals surface area contributed by atoms with E-state index in [0.29, 0.717) is 18.8 Å². The number of rotatable bonds is 4. The fraction of sp³-hybridized carbons (Fsp3) is 0.529. The van der Waals surface area contributed by atoms with Crippen LogP contribution in [0.3, 0.4) is 0 Å². The summed E-state index contributed by atoms with van der Waals surface area (Å²) < 4.78 is 0. The molecule has 0 aromatic heterocycles. The van der Waals surface area contributed by atoms with E-state index in [9.17, 15) is 14.7 Å². The molecule has 0 bridgehead atoms. The van der Waals surface area contributed by atoms with Crippen LogP contribution in [0.4, 0.5) is 5.69 Å². The number of benzene rings is 1. The minimum absolute atomic E-state index is 0.160. The second kappa shape index (κ2) is 6.29. The minimum atomic E-state index is -0.855. The van der Waals surface area contributed by atoms with E-state index in [-0.39, 0.29) is 5.91 Å². The number of amides is 1. The molecule has 4 heteroatoms. The summed E-state index contributed by atoms with van der Waals surface area (Å²) >= 11 is 0. The molecule has 1 aromatic rings. The second-order valence-corrected chi connectivity index (χ2v) is 6.10. The standard InChI is InChI=1S/C17H23NO3/c1-4-12-8-13(14(9-12)17(20)21)16(19)18-15-7-10(2)5-6-11(15)3/h5-7,12-14H,4,8-9H2,1-3H3,(H,18,19)(H,20,21)/t12?,13-,14+/m0/s1. The molecule has 3 atom stereocenters. The number of carbonyl (C=O) groups excluding carboxylic acids is 1. The Kier molecular flexibility index (Phi) is 4.66. The first-order chi connectivity index (χ1) is 9.92. The highest BCUT2D eigenvalue weighted by atomic mass is 16.4. The van der Waals surface area contributed by atoms with Gasteiger partial charge in [0.15, 0.2) is 0 Å². The topological polar surface area (TPSA) is 66.4 Å². The van der Waals surface area contributed by atoms with Gasteiger partial charge in [0, 0.05) is 5.69 Å². The maximum Gasteiger partial charge on any atom is 0.307 e. The number of carboxylic acid groups (broad SMARTS) is 1. The Labute approximate surface area is 125 Å². The molecular weight excluding hydrogens is 266 g/mol. The van der Waals surface area contributed by atoms with Crippen LogP contribution in [0.2, 0.25) is 0 Å². The van der Waals surface area contributed by atoms with E-state index in [2.05, 4.69) is 12.2 Å². The van der Waals surface area contributed by atoms with E-state index >= 15 is 0 Å². The molecule has 21 heavy (non-hydrogen) atoms. The summed E-state index contributed by atoms with van der Waals surface area (Å²) in [4.78, 5) is 23.9. The summed E-state index contributed by atoms with van der Waals surface area (Å²) in [6.45, 7) is 5.96. The van der Waals surface area contributed by atoms with Crippen LogP contribution in [-0.2, 0) is 9.59 Å². The molecule has 0 aliphatic heterocycles. The van der Waals surface area contributed by atoms with Gasteiger partial charge in [-0.2, -0.15) is 0 Å². The fourth-order valence-electron chi connectivity index (χ4n) is 3.13. The SMILES string of the molecule is CCC1C[C@H](C(=O)Nc2cc(C)ccc2C)[C@H](C(=O)O)C1. The van der Waals surface area contributed by atoms with Crippen molar-refractivity contribution < 1.29 is 14.7 Å². The van der Waals surface area contributed by atoms with E-state index in [1.54, 1.807) is 0 Å². The van der Waals surface area contributed by atoms with E-state index in [1.807, 2.05) is 32.0 Å². The molecule has 0 spiro atoms. The van der Waals surface area contributed by atoms with Crippen molar-refractivity contribution in [1.29, 1.82) is 0 Å². The van der Waals surface area contributed by atoms with E-state index in [1.165, 1.54) is 0 Å². The molecule has 1 unspecified atom stereocenters. The van der Waals surface area contributed by atoms with Gasteiger partial charge >= 0.3 is 5.97 Å². The Balaban J connectivity index is 2.15. The van der Waals surface area contributed by atoms with Crippen LogP contribution in [0.5, 0.6) is 0 Å². The predicted octanol–water partition coefficient (Wildman–Crippen LogP) is 3.38. The first-order valence-electron chi connectivity index (χ1n) is 7.53. The number of anilines is 1. The van der Waals surface area contributed by atoms with Gasteiger partial charge in [-0.05, 0) is 49.8 Å². The molecule has 4 nitrogen and oxygen atoms in total. The molecule has 0 radical (unpaired) electrons. The lowest BCUT2D eigenvalue weighted by Gasteiger charge is -2.17. The van der Waals surface area contributed by atoms with Crippen LogP contribution >= 0.6 is 0 Å². The maximum atomic E-state index is 12.5. The maximum absolute atomic E-state index is 12.5. The summed E-state index contributed by atoms with van der Waals surface area (Å²) in [7, 11) is 0. The van der Waals surface area contributed by atoms with Gasteiger partial charge in [-0.15, -0.1) is 0 Å². The highest BCUT2D eigenvalue weighted by Gasteiger charge is 2.42. The molecule has 1 fully saturated rings. The zero-order chi connectivity index (χ0) is 15.6. The summed E-state index contributed by atoms with van der Waals surface area (Å²) in [6, 6.07) is 5.88. The van der Waals surface area contributed by atoms with Crippen LogP contribution in [0.1, 0.15) is 37.3 Å². The molecule has 2 N–H and O–H groups in total. The summed E-state index contributed by atoms with van der Waals surface area (Å²) in [5.41, 5.74) is 2.85. The molecule has 1 aliphatic carbocycles. The Morgan fingerprint density at radius 1 is 1.24 bits per heavy atom. The first-order valence-corrected chi connectivity index (χ1v) is 7.53. The number of nitrogens with one attached hydrogen (secondary N) is 1. The van der Waals surface area contributed by atoms with Crippen molar-refractivity contribution in [2.75, 3.05) is 5.32 Å². The molecular formula is C17H23NO3. The Morgan fingerprint density at radius 2 is 1.90 bits per heavy atom. The first kappa shape index (κ1) is 15.5. The molecule has 0 saturated heterocycles. The molecule has 1 saturated carbocycles. The highest BCUT2D eigenvalue weighted by molar-refractivity contribution is 5.96. The van der Waals surface area contributed by atoms with Crippen LogP contribution in [0, 0.1) is 31.6 Å². The van der Waals surface area contributed by atoms with Crippen LogP contribution in [-0.4, -0.2) is 17.0 Å². The van der Waals surface area contributed by atoms with E-state index in [0.717, 1.165) is 23.2 Å². The lowest BCUT2D eigenvalue weighted by molar-refractivity contribution is -0.145. The molecule has 0 heterocycles. The van der Waals surface area contributed by atoms with Crippen molar-refractivity contribution >= 4 is 17.6 Å². The molecule has 2 rings (SSSR count). The van der Waals surface area contributed by atoms with Crippen molar-refractivity contribution in [1.82, 2.24) is 0 Å². The van der Waals surface area contributed by atoms with Gasteiger partial charge in [0.25, 0.3) is 0 Å². The van der Waals surface area contributed by atoms with Gasteiger partial charge in [-0.25, -0.2) is 0 Å². The van der Waals surface area contributed by atoms with E-state index < -0.39 is 17.8 Å². The Bertz CT molecular complexity index is 553. The smallest absolute Gasteiger partial charge is 0.307 e. The van der Waals surface area contributed by atoms with Gasteiger partial charge < -0.3 is 10.4 Å². The van der Waals surface area contributed by atoms with Gasteiger partial charge in [0.2, 0.25) is 5.91 Å². The average molecular weight is 289 g/mol. The van der Waals surface area contributed by atoms with E-state index in [4.69, 9.17) is 0 Å². The monoisotopic (exact) mass is 289 g/mol. The van der Waals surface area contributed by atoms with Gasteiger partial charge in [0.1, 0.15) is 0 Å². The molecule has 114 valence electrons. The average Bonchev–Trinajstić information content (AvgIpc) is 2.87. The summed E-state index contributed by atoms with van der Waals surface area (Å²) in [5, 5.41) is 12.3. The van der Waals surface area contributed by atoms with Crippen LogP contribution in [0.25, 0.3) is 0 Å². The number of aliphatic carboxylic acids is 1. The lowest BCUT2D eigenvalue weighted by atomic mass is 9.95.